The van der Waals surface area contributed by atoms with Gasteiger partial charge in [-0.2, -0.15) is 9.97 Å². The van der Waals surface area contributed by atoms with E-state index in [-0.39, 0.29) is 0 Å². The van der Waals surface area contributed by atoms with Crippen LogP contribution in [0.15, 0.2) is 6.07 Å². The molecule has 0 aromatic carbocycles. The Hall–Kier alpha value is -1.67. The van der Waals surface area contributed by atoms with E-state index in [0.717, 1.165) is 37.8 Å². The highest BCUT2D eigenvalue weighted by atomic mass is 32.1. The molecule has 1 aromatic heterocycles. The third-order valence-electron chi connectivity index (χ3n) is 5.48. The lowest BCUT2D eigenvalue weighted by Crippen LogP contribution is -2.37. The first-order valence-corrected chi connectivity index (χ1v) is 10.9. The molecule has 7 nitrogen and oxygen atoms in total. The molecule has 2 atom stereocenters. The van der Waals surface area contributed by atoms with Crippen molar-refractivity contribution >= 4 is 34.9 Å². The minimum Gasteiger partial charge on any atom is -0.383 e. The van der Waals surface area contributed by atoms with Gasteiger partial charge in [-0.05, 0) is 49.7 Å². The molecule has 0 bridgehead atoms. The molecule has 0 radical (unpaired) electrons. The van der Waals surface area contributed by atoms with Gasteiger partial charge in [-0.1, -0.05) is 13.8 Å². The largest absolute Gasteiger partial charge is 0.383 e. The zero-order valence-electron chi connectivity index (χ0n) is 17.4. The normalized spacial score (nSPS) is 22.8. The van der Waals surface area contributed by atoms with Gasteiger partial charge in [-0.25, -0.2) is 0 Å². The Balaban J connectivity index is 1.80. The van der Waals surface area contributed by atoms with E-state index in [2.05, 4.69) is 40.3 Å². The van der Waals surface area contributed by atoms with Crippen LogP contribution < -0.4 is 20.4 Å². The topological polar surface area (TPSA) is 65.6 Å². The number of hydrogen-bond donors (Lipinski definition) is 2. The summed E-state index contributed by atoms with van der Waals surface area (Å²) in [7, 11) is 1.68. The third-order valence-corrected chi connectivity index (χ3v) is 5.72. The molecule has 3 heterocycles. The summed E-state index contributed by atoms with van der Waals surface area (Å²) in [5.41, 5.74) is 0. The molecular weight excluding hydrogens is 372 g/mol. The van der Waals surface area contributed by atoms with Crippen molar-refractivity contribution in [3.63, 3.8) is 0 Å². The smallest absolute Gasteiger partial charge is 0.232 e. The molecule has 2 saturated heterocycles. The minimum atomic E-state index is 0.527. The fourth-order valence-electron chi connectivity index (χ4n) is 4.01. The van der Waals surface area contributed by atoms with Crippen molar-refractivity contribution in [2.75, 3.05) is 61.6 Å². The van der Waals surface area contributed by atoms with E-state index >= 15 is 0 Å². The van der Waals surface area contributed by atoms with E-state index in [1.165, 1.54) is 25.7 Å². The quantitative estimate of drug-likeness (QED) is 0.552. The Morgan fingerprint density at radius 3 is 2.18 bits per heavy atom. The van der Waals surface area contributed by atoms with Crippen LogP contribution >= 0.6 is 12.2 Å². The van der Waals surface area contributed by atoms with Crippen LogP contribution in [0.3, 0.4) is 0 Å². The lowest BCUT2D eigenvalue weighted by molar-refractivity contribution is 0.204. The average Bonchev–Trinajstić information content (AvgIpc) is 2.68. The zero-order valence-corrected chi connectivity index (χ0v) is 18.2. The van der Waals surface area contributed by atoms with E-state index in [0.29, 0.717) is 36.0 Å². The number of aromatic nitrogens is 2. The van der Waals surface area contributed by atoms with Crippen LogP contribution in [0.1, 0.15) is 39.5 Å². The van der Waals surface area contributed by atoms with Crippen molar-refractivity contribution < 1.29 is 4.74 Å². The molecule has 0 spiro atoms. The van der Waals surface area contributed by atoms with E-state index in [1.54, 1.807) is 7.11 Å². The van der Waals surface area contributed by atoms with Crippen LogP contribution in [0.2, 0.25) is 0 Å². The van der Waals surface area contributed by atoms with Crippen molar-refractivity contribution in [3.8, 4) is 0 Å². The van der Waals surface area contributed by atoms with Crippen molar-refractivity contribution in [1.82, 2.24) is 15.3 Å². The van der Waals surface area contributed by atoms with Crippen molar-refractivity contribution in [2.45, 2.75) is 39.5 Å². The van der Waals surface area contributed by atoms with Crippen LogP contribution in [-0.4, -0.2) is 61.5 Å². The monoisotopic (exact) mass is 406 g/mol. The van der Waals surface area contributed by atoms with Crippen LogP contribution in [0.5, 0.6) is 0 Å². The van der Waals surface area contributed by atoms with Gasteiger partial charge in [0.2, 0.25) is 5.95 Å². The molecule has 156 valence electrons. The van der Waals surface area contributed by atoms with Crippen molar-refractivity contribution in [1.29, 1.82) is 0 Å². The number of nitrogens with zero attached hydrogens (tertiary/aromatic N) is 4. The second kappa shape index (κ2) is 10.2. The molecule has 8 heteroatoms. The van der Waals surface area contributed by atoms with E-state index in [9.17, 15) is 0 Å². The number of piperidine rings is 2. The van der Waals surface area contributed by atoms with Gasteiger partial charge in [0.1, 0.15) is 11.6 Å². The van der Waals surface area contributed by atoms with Gasteiger partial charge in [-0.3, -0.25) is 0 Å². The van der Waals surface area contributed by atoms with E-state index in [1.807, 2.05) is 0 Å². The number of rotatable bonds is 6. The molecule has 28 heavy (non-hydrogen) atoms. The van der Waals surface area contributed by atoms with Crippen LogP contribution in [0.4, 0.5) is 17.6 Å². The van der Waals surface area contributed by atoms with Crippen molar-refractivity contribution in [2.24, 2.45) is 11.8 Å². The predicted octanol–water partition coefficient (Wildman–Crippen LogP) is 2.88. The van der Waals surface area contributed by atoms with Gasteiger partial charge in [0.05, 0.1) is 6.61 Å². The summed E-state index contributed by atoms with van der Waals surface area (Å²) in [6, 6.07) is 2.16. The first-order valence-electron chi connectivity index (χ1n) is 10.5. The Morgan fingerprint density at radius 2 is 1.68 bits per heavy atom. The summed E-state index contributed by atoms with van der Waals surface area (Å²) in [6.07, 6.45) is 5.00. The first-order chi connectivity index (χ1) is 13.5. The molecule has 0 aliphatic carbocycles. The number of nitrogens with one attached hydrogen (secondary N) is 2. The summed E-state index contributed by atoms with van der Waals surface area (Å²) >= 11 is 5.40. The molecule has 0 saturated carbocycles. The number of methoxy groups -OCH3 is 1. The SMILES string of the molecule is COCCNC(=S)Nc1nc(N2CCCC(C)C2)cc(N2CCCC(C)C2)n1. The fourth-order valence-corrected chi connectivity index (χ4v) is 4.20. The lowest BCUT2D eigenvalue weighted by Gasteiger charge is -2.35. The average molecular weight is 407 g/mol. The van der Waals surface area contributed by atoms with Gasteiger partial charge < -0.3 is 25.2 Å². The molecule has 2 aliphatic heterocycles. The van der Waals surface area contributed by atoms with Gasteiger partial charge in [0.15, 0.2) is 5.11 Å². The summed E-state index contributed by atoms with van der Waals surface area (Å²) in [6.45, 7) is 10.1. The number of ether oxygens (including phenoxy) is 1. The number of hydrogen-bond acceptors (Lipinski definition) is 6. The molecule has 2 N–H and O–H groups in total. The van der Waals surface area contributed by atoms with Crippen molar-refractivity contribution in [3.05, 3.63) is 6.07 Å². The molecule has 3 rings (SSSR count). The second-order valence-corrected chi connectivity index (χ2v) is 8.58. The molecule has 2 aliphatic rings. The van der Waals surface area contributed by atoms with Gasteiger partial charge in [0.25, 0.3) is 0 Å². The Kier molecular flexibility index (Phi) is 7.67. The Labute approximate surface area is 174 Å². The molecular formula is C20H34N6OS. The summed E-state index contributed by atoms with van der Waals surface area (Å²) in [4.78, 5) is 14.4. The third kappa shape index (κ3) is 5.91. The summed E-state index contributed by atoms with van der Waals surface area (Å²) < 4.78 is 5.06. The maximum atomic E-state index is 5.40. The zero-order chi connectivity index (χ0) is 19.9. The van der Waals surface area contributed by atoms with E-state index < -0.39 is 0 Å². The molecule has 2 fully saturated rings. The predicted molar refractivity (Wildman–Crippen MR) is 119 cm³/mol. The van der Waals surface area contributed by atoms with Crippen LogP contribution in [0.25, 0.3) is 0 Å². The minimum absolute atomic E-state index is 0.527. The standard InChI is InChI=1S/C20H34N6OS/c1-15-6-4-9-25(13-15)17-12-18(26-10-5-7-16(2)14-26)23-19(22-17)24-20(28)21-8-11-27-3/h12,15-16H,4-11,13-14H2,1-3H3,(H2,21,22,23,24,28). The maximum absolute atomic E-state index is 5.40. The number of anilines is 3. The highest BCUT2D eigenvalue weighted by Crippen LogP contribution is 2.28. The molecule has 1 aromatic rings. The van der Waals surface area contributed by atoms with Gasteiger partial charge in [-0.15, -0.1) is 0 Å². The first kappa shape index (κ1) is 21.0. The highest BCUT2D eigenvalue weighted by Gasteiger charge is 2.23. The van der Waals surface area contributed by atoms with E-state index in [4.69, 9.17) is 26.9 Å². The Morgan fingerprint density at radius 1 is 1.11 bits per heavy atom. The molecule has 2 unspecified atom stereocenters. The number of thiocarbonyl (C=S) groups is 1. The maximum Gasteiger partial charge on any atom is 0.232 e. The van der Waals surface area contributed by atoms with Gasteiger partial charge >= 0.3 is 0 Å². The molecule has 0 amide bonds. The lowest BCUT2D eigenvalue weighted by atomic mass is 10.00. The second-order valence-electron chi connectivity index (χ2n) is 8.17. The fraction of sp³-hybridized carbons (Fsp3) is 0.750. The highest BCUT2D eigenvalue weighted by molar-refractivity contribution is 7.80. The van der Waals surface area contributed by atoms with Crippen LogP contribution in [-0.2, 0) is 4.74 Å². The Bertz CT molecular complexity index is 617. The van der Waals surface area contributed by atoms with Crippen LogP contribution in [0, 0.1) is 11.8 Å². The summed E-state index contributed by atoms with van der Waals surface area (Å²) in [5, 5.41) is 6.83. The summed E-state index contributed by atoms with van der Waals surface area (Å²) in [5.74, 6) is 3.94. The van der Waals surface area contributed by atoms with Gasteiger partial charge in [0, 0.05) is 45.9 Å².